The number of hydrogen-bond acceptors (Lipinski definition) is 6. The van der Waals surface area contributed by atoms with Crippen molar-refractivity contribution in [3.05, 3.63) is 35.7 Å². The monoisotopic (exact) mass is 384 g/mol. The molecule has 26 heavy (non-hydrogen) atoms. The Balaban J connectivity index is 2.22. The molecule has 2 rings (SSSR count). The quantitative estimate of drug-likeness (QED) is 0.598. The Morgan fingerprint density at radius 2 is 1.92 bits per heavy atom. The summed E-state index contributed by atoms with van der Waals surface area (Å²) in [7, 11) is -3.41. The molecule has 0 saturated heterocycles. The Bertz CT molecular complexity index is 635. The lowest BCUT2D eigenvalue weighted by molar-refractivity contribution is 0.00573. The van der Waals surface area contributed by atoms with Crippen molar-refractivity contribution in [2.75, 3.05) is 19.8 Å². The molecule has 1 aliphatic heterocycles. The minimum atomic E-state index is -3.41. The third-order valence-corrected chi connectivity index (χ3v) is 5.91. The summed E-state index contributed by atoms with van der Waals surface area (Å²) >= 11 is 0. The lowest BCUT2D eigenvalue weighted by Gasteiger charge is -2.31. The molecule has 1 aromatic carbocycles. The first-order valence-corrected chi connectivity index (χ1v) is 10.8. The van der Waals surface area contributed by atoms with Crippen molar-refractivity contribution >= 4 is 7.60 Å². The fourth-order valence-corrected chi connectivity index (χ4v) is 4.41. The first-order chi connectivity index (χ1) is 12.5. The molecule has 0 radical (unpaired) electrons. The number of benzene rings is 1. The van der Waals surface area contributed by atoms with Crippen LogP contribution >= 0.6 is 7.60 Å². The van der Waals surface area contributed by atoms with Crippen molar-refractivity contribution in [1.29, 1.82) is 0 Å². The topological polar surface area (TPSA) is 74.2 Å². The number of ether oxygens (including phenoxy) is 2. The Kier molecular flexibility index (Phi) is 8.16. The van der Waals surface area contributed by atoms with Gasteiger partial charge in [0.05, 0.1) is 13.2 Å². The second-order valence-electron chi connectivity index (χ2n) is 6.04. The van der Waals surface area contributed by atoms with E-state index in [1.807, 2.05) is 18.2 Å². The molecule has 146 valence electrons. The summed E-state index contributed by atoms with van der Waals surface area (Å²) < 4.78 is 35.2. The molecule has 1 heterocycles. The maximum Gasteiger partial charge on any atom is 0.354 e. The van der Waals surface area contributed by atoms with Crippen molar-refractivity contribution in [2.45, 2.75) is 52.2 Å². The Morgan fingerprint density at radius 1 is 1.27 bits per heavy atom. The molecule has 0 fully saturated rings. The van der Waals surface area contributed by atoms with E-state index in [4.69, 9.17) is 18.5 Å². The normalized spacial score (nSPS) is 18.6. The van der Waals surface area contributed by atoms with Gasteiger partial charge in [-0.3, -0.25) is 4.57 Å². The maximum absolute atomic E-state index is 12.9. The van der Waals surface area contributed by atoms with Gasteiger partial charge >= 0.3 is 7.60 Å². The summed E-state index contributed by atoms with van der Waals surface area (Å²) in [5.41, 5.74) is 0.602. The molecule has 0 aliphatic carbocycles. The molecule has 1 aromatic rings. The number of hydrogen-bond donors (Lipinski definition) is 1. The van der Waals surface area contributed by atoms with E-state index in [-0.39, 0.29) is 19.8 Å². The van der Waals surface area contributed by atoms with Crippen LogP contribution in [-0.2, 0) is 13.6 Å². The van der Waals surface area contributed by atoms with Gasteiger partial charge in [-0.2, -0.15) is 0 Å². The van der Waals surface area contributed by atoms with E-state index in [1.165, 1.54) is 5.82 Å². The van der Waals surface area contributed by atoms with E-state index in [2.05, 4.69) is 6.92 Å². The van der Waals surface area contributed by atoms with E-state index >= 15 is 0 Å². The van der Waals surface area contributed by atoms with E-state index < -0.39 is 19.8 Å². The minimum Gasteiger partial charge on any atom is -0.486 e. The fraction of sp³-hybridized carbons (Fsp3) is 0.579. The zero-order chi connectivity index (χ0) is 19.0. The molecular formula is C19H29O6P. The number of aliphatic hydroxyl groups excluding tert-OH is 1. The van der Waals surface area contributed by atoms with Crippen molar-refractivity contribution in [3.63, 3.8) is 0 Å². The molecule has 0 aromatic heterocycles. The van der Waals surface area contributed by atoms with Crippen LogP contribution in [0.4, 0.5) is 0 Å². The van der Waals surface area contributed by atoms with Gasteiger partial charge in [0.25, 0.3) is 0 Å². The van der Waals surface area contributed by atoms with Gasteiger partial charge in [-0.1, -0.05) is 25.5 Å². The molecular weight excluding hydrogens is 355 g/mol. The zero-order valence-corrected chi connectivity index (χ0v) is 16.6. The number of fused-ring (bicyclic) bond motifs is 1. The summed E-state index contributed by atoms with van der Waals surface area (Å²) in [5.74, 6) is 2.71. The highest BCUT2D eigenvalue weighted by atomic mass is 31.2. The highest BCUT2D eigenvalue weighted by Crippen LogP contribution is 2.51. The van der Waals surface area contributed by atoms with Crippen LogP contribution < -0.4 is 9.47 Å². The molecule has 1 aliphatic rings. The minimum absolute atomic E-state index is 0.217. The average molecular weight is 384 g/mol. The van der Waals surface area contributed by atoms with Crippen LogP contribution in [0.15, 0.2) is 35.7 Å². The van der Waals surface area contributed by atoms with Crippen molar-refractivity contribution in [3.8, 4) is 11.5 Å². The van der Waals surface area contributed by atoms with Gasteiger partial charge in [-0.25, -0.2) is 0 Å². The predicted molar refractivity (Wildman–Crippen MR) is 101 cm³/mol. The van der Waals surface area contributed by atoms with E-state index in [9.17, 15) is 9.67 Å². The van der Waals surface area contributed by atoms with Crippen LogP contribution in [0.2, 0.25) is 0 Å². The van der Waals surface area contributed by atoms with Crippen LogP contribution in [0.1, 0.15) is 40.0 Å². The summed E-state index contributed by atoms with van der Waals surface area (Å²) in [5, 5.41) is 10.9. The second-order valence-corrected chi connectivity index (χ2v) is 7.90. The molecule has 1 N–H and O–H groups in total. The van der Waals surface area contributed by atoms with Gasteiger partial charge in [0.1, 0.15) is 12.7 Å². The summed E-state index contributed by atoms with van der Waals surface area (Å²) in [6, 6.07) is 7.34. The number of aliphatic hydroxyl groups is 1. The summed E-state index contributed by atoms with van der Waals surface area (Å²) in [4.78, 5) is 0. The van der Waals surface area contributed by atoms with Crippen molar-refractivity contribution < 1.29 is 28.2 Å². The largest absolute Gasteiger partial charge is 0.486 e. The van der Waals surface area contributed by atoms with Gasteiger partial charge in [-0.05, 0) is 44.4 Å². The van der Waals surface area contributed by atoms with Gasteiger partial charge < -0.3 is 23.6 Å². The molecule has 0 saturated carbocycles. The van der Waals surface area contributed by atoms with Crippen LogP contribution in [0.5, 0.6) is 11.5 Å². The third-order valence-electron chi connectivity index (χ3n) is 4.02. The summed E-state index contributed by atoms with van der Waals surface area (Å²) in [6.45, 7) is 6.33. The smallest absolute Gasteiger partial charge is 0.354 e. The highest BCUT2D eigenvalue weighted by Gasteiger charge is 2.32. The fourth-order valence-electron chi connectivity index (χ4n) is 2.77. The predicted octanol–water partition coefficient (Wildman–Crippen LogP) is 4.53. The van der Waals surface area contributed by atoms with Crippen LogP contribution in [-0.4, -0.2) is 37.1 Å². The van der Waals surface area contributed by atoms with Crippen LogP contribution in [0, 0.1) is 0 Å². The molecule has 7 heteroatoms. The van der Waals surface area contributed by atoms with Crippen LogP contribution in [0.25, 0.3) is 0 Å². The molecule has 2 unspecified atom stereocenters. The van der Waals surface area contributed by atoms with Crippen molar-refractivity contribution in [1.82, 2.24) is 0 Å². The van der Waals surface area contributed by atoms with Gasteiger partial charge in [0, 0.05) is 5.82 Å². The molecule has 6 nitrogen and oxygen atoms in total. The standard InChI is InChI=1S/C19H29O6P/c1-4-7-10-15(14-26(21,23-5-2)24-6-3)19(20)18-13-22-16-11-8-9-12-17(16)25-18/h8-9,11-12,14,18-20H,4-7,10,13H2,1-3H3/b15-14+. The molecule has 0 spiro atoms. The van der Waals surface area contributed by atoms with E-state index in [1.54, 1.807) is 19.9 Å². The SMILES string of the molecule is CCCC/C(=C\P(=O)(OCC)OCC)C(O)C1COc2ccccc2O1. The van der Waals surface area contributed by atoms with E-state index in [0.29, 0.717) is 23.5 Å². The van der Waals surface area contributed by atoms with Crippen molar-refractivity contribution in [2.24, 2.45) is 0 Å². The first-order valence-electron chi connectivity index (χ1n) is 9.20. The molecule has 0 bridgehead atoms. The molecule has 0 amide bonds. The molecule has 2 atom stereocenters. The summed E-state index contributed by atoms with van der Waals surface area (Å²) in [6.07, 6.45) is 0.853. The number of unbranched alkanes of at least 4 members (excludes halogenated alkanes) is 1. The van der Waals surface area contributed by atoms with Gasteiger partial charge in [-0.15, -0.1) is 0 Å². The highest BCUT2D eigenvalue weighted by molar-refractivity contribution is 7.57. The van der Waals surface area contributed by atoms with Gasteiger partial charge in [0.2, 0.25) is 0 Å². The Hall–Kier alpha value is -1.33. The zero-order valence-electron chi connectivity index (χ0n) is 15.7. The maximum atomic E-state index is 12.9. The Labute approximate surface area is 155 Å². The Morgan fingerprint density at radius 3 is 2.54 bits per heavy atom. The number of para-hydroxylation sites is 2. The number of rotatable bonds is 10. The van der Waals surface area contributed by atoms with Crippen LogP contribution in [0.3, 0.4) is 0 Å². The first kappa shape index (κ1) is 21.0. The second kappa shape index (κ2) is 10.1. The lowest BCUT2D eigenvalue weighted by atomic mass is 10.0. The van der Waals surface area contributed by atoms with Gasteiger partial charge in [0.15, 0.2) is 17.6 Å². The average Bonchev–Trinajstić information content (AvgIpc) is 2.64. The lowest BCUT2D eigenvalue weighted by Crippen LogP contribution is -2.40. The third kappa shape index (κ3) is 5.58. The van der Waals surface area contributed by atoms with E-state index in [0.717, 1.165) is 12.8 Å².